The van der Waals surface area contributed by atoms with Crippen LogP contribution in [-0.4, -0.2) is 53.1 Å². The highest BCUT2D eigenvalue weighted by Crippen LogP contribution is 2.32. The van der Waals surface area contributed by atoms with Crippen LogP contribution in [0.25, 0.3) is 0 Å². The summed E-state index contributed by atoms with van der Waals surface area (Å²) in [5, 5.41) is 5.98. The standard InChI is InChI=1S/C21H21ClF3N7/c1-31-7-9-32(10-8-31)16-5-6-18(26-12-16)29-20-27-13-17(22)19(30-20)28-15-4-2-3-14(11-15)21(23,24)25/h2-6,11-13H,7-10H2,1H3,(H2,26,27,28,29,30). The zero-order valence-corrected chi connectivity index (χ0v) is 18.0. The third-order valence-corrected chi connectivity index (χ3v) is 5.33. The Balaban J connectivity index is 1.46. The van der Waals surface area contributed by atoms with Gasteiger partial charge < -0.3 is 20.4 Å². The van der Waals surface area contributed by atoms with Crippen molar-refractivity contribution in [2.75, 3.05) is 48.8 Å². The predicted molar refractivity (Wildman–Crippen MR) is 119 cm³/mol. The van der Waals surface area contributed by atoms with Gasteiger partial charge in [0.15, 0.2) is 5.82 Å². The van der Waals surface area contributed by atoms with Crippen LogP contribution in [0.3, 0.4) is 0 Å². The minimum Gasteiger partial charge on any atom is -0.368 e. The first kappa shape index (κ1) is 22.1. The molecule has 4 rings (SSSR count). The number of alkyl halides is 3. The smallest absolute Gasteiger partial charge is 0.368 e. The van der Waals surface area contributed by atoms with Gasteiger partial charge >= 0.3 is 6.18 Å². The second-order valence-electron chi connectivity index (χ2n) is 7.41. The van der Waals surface area contributed by atoms with E-state index in [2.05, 4.69) is 42.4 Å². The van der Waals surface area contributed by atoms with E-state index in [0.717, 1.165) is 44.0 Å². The topological polar surface area (TPSA) is 69.2 Å². The average molecular weight is 464 g/mol. The lowest BCUT2D eigenvalue weighted by Crippen LogP contribution is -2.44. The number of hydrogen-bond donors (Lipinski definition) is 2. The number of pyridine rings is 1. The van der Waals surface area contributed by atoms with E-state index in [1.165, 1.54) is 18.3 Å². The fraction of sp³-hybridized carbons (Fsp3) is 0.286. The van der Waals surface area contributed by atoms with Crippen molar-refractivity contribution in [1.29, 1.82) is 0 Å². The number of benzene rings is 1. The van der Waals surface area contributed by atoms with Gasteiger partial charge in [-0.25, -0.2) is 9.97 Å². The molecule has 3 heterocycles. The summed E-state index contributed by atoms with van der Waals surface area (Å²) < 4.78 is 38.9. The van der Waals surface area contributed by atoms with Crippen LogP contribution < -0.4 is 15.5 Å². The minimum atomic E-state index is -4.44. The second-order valence-corrected chi connectivity index (χ2v) is 7.82. The monoisotopic (exact) mass is 463 g/mol. The highest BCUT2D eigenvalue weighted by molar-refractivity contribution is 6.32. The van der Waals surface area contributed by atoms with Crippen LogP contribution in [0, 0.1) is 0 Å². The van der Waals surface area contributed by atoms with Gasteiger partial charge in [0.1, 0.15) is 10.8 Å². The number of anilines is 5. The summed E-state index contributed by atoms with van der Waals surface area (Å²) in [4.78, 5) is 17.4. The maximum absolute atomic E-state index is 13.0. The number of nitrogens with one attached hydrogen (secondary N) is 2. The molecule has 1 fully saturated rings. The van der Waals surface area contributed by atoms with Crippen molar-refractivity contribution >= 4 is 40.6 Å². The Kier molecular flexibility index (Phi) is 6.33. The van der Waals surface area contributed by atoms with Gasteiger partial charge in [-0.05, 0) is 37.4 Å². The molecule has 0 radical (unpaired) electrons. The van der Waals surface area contributed by atoms with Crippen LogP contribution in [0.15, 0.2) is 48.8 Å². The summed E-state index contributed by atoms with van der Waals surface area (Å²) in [5.41, 5.74) is 0.476. The Morgan fingerprint density at radius 3 is 2.44 bits per heavy atom. The Labute approximate surface area is 188 Å². The molecular weight excluding hydrogens is 443 g/mol. The molecule has 0 unspecified atom stereocenters. The van der Waals surface area contributed by atoms with E-state index in [-0.39, 0.29) is 22.5 Å². The minimum absolute atomic E-state index is 0.173. The molecule has 2 aromatic heterocycles. The van der Waals surface area contributed by atoms with Crippen LogP contribution in [0.5, 0.6) is 0 Å². The largest absolute Gasteiger partial charge is 0.416 e. The third kappa shape index (κ3) is 5.38. The van der Waals surface area contributed by atoms with E-state index in [1.807, 2.05) is 12.1 Å². The van der Waals surface area contributed by atoms with Crippen molar-refractivity contribution in [3.05, 3.63) is 59.4 Å². The van der Waals surface area contributed by atoms with E-state index >= 15 is 0 Å². The molecule has 168 valence electrons. The summed E-state index contributed by atoms with van der Waals surface area (Å²) in [5.74, 6) is 0.927. The summed E-state index contributed by atoms with van der Waals surface area (Å²) in [6, 6.07) is 8.59. The number of aromatic nitrogens is 3. The number of rotatable bonds is 5. The summed E-state index contributed by atoms with van der Waals surface area (Å²) in [6.07, 6.45) is -1.29. The molecule has 7 nitrogen and oxygen atoms in total. The van der Waals surface area contributed by atoms with Crippen molar-refractivity contribution in [2.24, 2.45) is 0 Å². The molecule has 2 N–H and O–H groups in total. The molecule has 0 bridgehead atoms. The van der Waals surface area contributed by atoms with Crippen LogP contribution in [0.4, 0.5) is 42.1 Å². The van der Waals surface area contributed by atoms with Gasteiger partial charge in [-0.1, -0.05) is 17.7 Å². The van der Waals surface area contributed by atoms with Crippen molar-refractivity contribution in [2.45, 2.75) is 6.18 Å². The lowest BCUT2D eigenvalue weighted by atomic mass is 10.2. The molecule has 32 heavy (non-hydrogen) atoms. The first-order valence-electron chi connectivity index (χ1n) is 9.91. The van der Waals surface area contributed by atoms with Crippen LogP contribution >= 0.6 is 11.6 Å². The molecule has 11 heteroatoms. The SMILES string of the molecule is CN1CCN(c2ccc(Nc3ncc(Cl)c(Nc4cccc(C(F)(F)F)c4)n3)nc2)CC1. The van der Waals surface area contributed by atoms with Gasteiger partial charge in [0, 0.05) is 31.9 Å². The molecular formula is C21H21ClF3N7. The van der Waals surface area contributed by atoms with Gasteiger partial charge in [0.2, 0.25) is 5.95 Å². The van der Waals surface area contributed by atoms with Crippen LogP contribution in [0.1, 0.15) is 5.56 Å². The van der Waals surface area contributed by atoms with Gasteiger partial charge in [-0.15, -0.1) is 0 Å². The number of likely N-dealkylation sites (N-methyl/N-ethyl adjacent to an activating group) is 1. The number of nitrogens with zero attached hydrogens (tertiary/aromatic N) is 5. The molecule has 0 aliphatic carbocycles. The summed E-state index contributed by atoms with van der Waals surface area (Å²) in [6.45, 7) is 3.88. The van der Waals surface area contributed by atoms with E-state index < -0.39 is 11.7 Å². The number of hydrogen-bond acceptors (Lipinski definition) is 7. The Hall–Kier alpha value is -3.11. The normalized spacial score (nSPS) is 15.0. The maximum atomic E-state index is 13.0. The molecule has 0 atom stereocenters. The van der Waals surface area contributed by atoms with Gasteiger partial charge in [0.05, 0.1) is 23.6 Å². The number of halogens is 4. The van der Waals surface area contributed by atoms with Crippen molar-refractivity contribution in [3.8, 4) is 0 Å². The maximum Gasteiger partial charge on any atom is 0.416 e. The fourth-order valence-corrected chi connectivity index (χ4v) is 3.39. The van der Waals surface area contributed by atoms with E-state index in [9.17, 15) is 13.2 Å². The van der Waals surface area contributed by atoms with Gasteiger partial charge in [0.25, 0.3) is 0 Å². The zero-order valence-electron chi connectivity index (χ0n) is 17.2. The van der Waals surface area contributed by atoms with Crippen molar-refractivity contribution in [1.82, 2.24) is 19.9 Å². The molecule has 0 spiro atoms. The highest BCUT2D eigenvalue weighted by Gasteiger charge is 2.30. The Morgan fingerprint density at radius 1 is 0.969 bits per heavy atom. The zero-order chi connectivity index (χ0) is 22.7. The highest BCUT2D eigenvalue weighted by atomic mass is 35.5. The molecule has 1 saturated heterocycles. The first-order valence-corrected chi connectivity index (χ1v) is 10.3. The lowest BCUT2D eigenvalue weighted by Gasteiger charge is -2.33. The van der Waals surface area contributed by atoms with E-state index in [0.29, 0.717) is 5.82 Å². The van der Waals surface area contributed by atoms with E-state index in [1.54, 1.807) is 6.20 Å². The Bertz CT molecular complexity index is 1070. The molecule has 0 saturated carbocycles. The number of piperazine rings is 1. The second kappa shape index (κ2) is 9.17. The van der Waals surface area contributed by atoms with Crippen molar-refractivity contribution < 1.29 is 13.2 Å². The predicted octanol–water partition coefficient (Wildman–Crippen LogP) is 4.78. The quantitative estimate of drug-likeness (QED) is 0.564. The van der Waals surface area contributed by atoms with Gasteiger partial charge in [-0.2, -0.15) is 18.2 Å². The average Bonchev–Trinajstić information content (AvgIpc) is 2.77. The molecule has 1 aliphatic rings. The van der Waals surface area contributed by atoms with E-state index in [4.69, 9.17) is 11.6 Å². The first-order chi connectivity index (χ1) is 15.3. The third-order valence-electron chi connectivity index (χ3n) is 5.05. The Morgan fingerprint density at radius 2 is 1.75 bits per heavy atom. The molecule has 1 aliphatic heterocycles. The van der Waals surface area contributed by atoms with Gasteiger partial charge in [-0.3, -0.25) is 0 Å². The summed E-state index contributed by atoms with van der Waals surface area (Å²) >= 11 is 6.13. The molecule has 1 aromatic carbocycles. The fourth-order valence-electron chi connectivity index (χ4n) is 3.25. The lowest BCUT2D eigenvalue weighted by molar-refractivity contribution is -0.137. The molecule has 3 aromatic rings. The molecule has 0 amide bonds. The summed E-state index contributed by atoms with van der Waals surface area (Å²) in [7, 11) is 2.10. The van der Waals surface area contributed by atoms with Crippen LogP contribution in [-0.2, 0) is 6.18 Å². The van der Waals surface area contributed by atoms with Crippen LogP contribution in [0.2, 0.25) is 5.02 Å². The van der Waals surface area contributed by atoms with Crippen molar-refractivity contribution in [3.63, 3.8) is 0 Å².